The Kier molecular flexibility index (Phi) is 4.11. The molecule has 76 valence electrons. The third kappa shape index (κ3) is 3.56. The van der Waals surface area contributed by atoms with Gasteiger partial charge in [-0.15, -0.1) is 0 Å². The standard InChI is InChI=1S/C11H16N2O/c1-3-9(2)13-11(14)8-10-4-6-12-7-5-10/h4-7,9H,3,8H2,1-2H3,(H,13,14). The zero-order valence-corrected chi connectivity index (χ0v) is 8.66. The monoisotopic (exact) mass is 192 g/mol. The lowest BCUT2D eigenvalue weighted by Gasteiger charge is -2.10. The maximum absolute atomic E-state index is 11.5. The largest absolute Gasteiger partial charge is 0.353 e. The summed E-state index contributed by atoms with van der Waals surface area (Å²) >= 11 is 0. The average molecular weight is 192 g/mol. The van der Waals surface area contributed by atoms with Crippen molar-refractivity contribution in [1.82, 2.24) is 10.3 Å². The number of pyridine rings is 1. The summed E-state index contributed by atoms with van der Waals surface area (Å²) in [6.07, 6.45) is 4.80. The summed E-state index contributed by atoms with van der Waals surface area (Å²) in [4.78, 5) is 15.3. The molecule has 0 aromatic carbocycles. The van der Waals surface area contributed by atoms with E-state index in [0.717, 1.165) is 12.0 Å². The zero-order chi connectivity index (χ0) is 10.4. The molecule has 0 aliphatic rings. The number of amides is 1. The molecule has 0 aliphatic carbocycles. The zero-order valence-electron chi connectivity index (χ0n) is 8.66. The Labute approximate surface area is 84.6 Å². The molecule has 0 spiro atoms. The van der Waals surface area contributed by atoms with Gasteiger partial charge in [0, 0.05) is 18.4 Å². The molecule has 0 saturated heterocycles. The van der Waals surface area contributed by atoms with Crippen LogP contribution in [-0.4, -0.2) is 16.9 Å². The van der Waals surface area contributed by atoms with Crippen LogP contribution in [0.3, 0.4) is 0 Å². The number of hydrogen-bond acceptors (Lipinski definition) is 2. The maximum atomic E-state index is 11.5. The fraction of sp³-hybridized carbons (Fsp3) is 0.455. The van der Waals surface area contributed by atoms with Crippen molar-refractivity contribution in [1.29, 1.82) is 0 Å². The van der Waals surface area contributed by atoms with Crippen LogP contribution in [0.2, 0.25) is 0 Å². The smallest absolute Gasteiger partial charge is 0.224 e. The van der Waals surface area contributed by atoms with E-state index < -0.39 is 0 Å². The summed E-state index contributed by atoms with van der Waals surface area (Å²) < 4.78 is 0. The predicted octanol–water partition coefficient (Wildman–Crippen LogP) is 1.54. The van der Waals surface area contributed by atoms with E-state index in [1.54, 1.807) is 12.4 Å². The third-order valence-electron chi connectivity index (χ3n) is 2.13. The average Bonchev–Trinajstić information content (AvgIpc) is 2.19. The van der Waals surface area contributed by atoms with Gasteiger partial charge in [-0.3, -0.25) is 9.78 Å². The molecule has 1 aromatic heterocycles. The van der Waals surface area contributed by atoms with Crippen LogP contribution in [0.15, 0.2) is 24.5 Å². The van der Waals surface area contributed by atoms with Crippen LogP contribution in [0.5, 0.6) is 0 Å². The van der Waals surface area contributed by atoms with Gasteiger partial charge in [0.25, 0.3) is 0 Å². The van der Waals surface area contributed by atoms with Crippen molar-refractivity contribution in [3.63, 3.8) is 0 Å². The Morgan fingerprint density at radius 2 is 2.14 bits per heavy atom. The molecule has 3 nitrogen and oxygen atoms in total. The van der Waals surface area contributed by atoms with Gasteiger partial charge in [0.1, 0.15) is 0 Å². The van der Waals surface area contributed by atoms with Gasteiger partial charge in [-0.05, 0) is 31.0 Å². The molecule has 0 aliphatic heterocycles. The van der Waals surface area contributed by atoms with Gasteiger partial charge in [0.15, 0.2) is 0 Å². The first kappa shape index (κ1) is 10.7. The summed E-state index contributed by atoms with van der Waals surface area (Å²) in [5.74, 6) is 0.0746. The van der Waals surface area contributed by atoms with Crippen LogP contribution >= 0.6 is 0 Å². The fourth-order valence-corrected chi connectivity index (χ4v) is 1.11. The second-order valence-electron chi connectivity index (χ2n) is 3.41. The molecule has 0 fully saturated rings. The quantitative estimate of drug-likeness (QED) is 0.786. The van der Waals surface area contributed by atoms with E-state index in [9.17, 15) is 4.79 Å². The van der Waals surface area contributed by atoms with E-state index in [-0.39, 0.29) is 11.9 Å². The Morgan fingerprint density at radius 1 is 1.50 bits per heavy atom. The van der Waals surface area contributed by atoms with Gasteiger partial charge in [0.05, 0.1) is 6.42 Å². The lowest BCUT2D eigenvalue weighted by molar-refractivity contribution is -0.121. The summed E-state index contributed by atoms with van der Waals surface area (Å²) in [5, 5.41) is 2.92. The second-order valence-corrected chi connectivity index (χ2v) is 3.41. The molecular weight excluding hydrogens is 176 g/mol. The lowest BCUT2D eigenvalue weighted by Crippen LogP contribution is -2.33. The number of carbonyl (C=O) groups is 1. The molecule has 0 radical (unpaired) electrons. The van der Waals surface area contributed by atoms with Crippen LogP contribution < -0.4 is 5.32 Å². The molecule has 1 rings (SSSR count). The Balaban J connectivity index is 2.42. The number of nitrogens with zero attached hydrogens (tertiary/aromatic N) is 1. The van der Waals surface area contributed by atoms with Gasteiger partial charge in [0.2, 0.25) is 5.91 Å². The van der Waals surface area contributed by atoms with E-state index in [0.29, 0.717) is 6.42 Å². The summed E-state index contributed by atoms with van der Waals surface area (Å²) in [6.45, 7) is 4.06. The van der Waals surface area contributed by atoms with Crippen molar-refractivity contribution >= 4 is 5.91 Å². The highest BCUT2D eigenvalue weighted by atomic mass is 16.1. The van der Waals surface area contributed by atoms with Gasteiger partial charge >= 0.3 is 0 Å². The first-order valence-electron chi connectivity index (χ1n) is 4.90. The van der Waals surface area contributed by atoms with Gasteiger partial charge in [-0.25, -0.2) is 0 Å². The molecule has 1 aromatic rings. The van der Waals surface area contributed by atoms with Crippen LogP contribution in [0.1, 0.15) is 25.8 Å². The molecule has 0 bridgehead atoms. The number of aromatic nitrogens is 1. The van der Waals surface area contributed by atoms with Crippen LogP contribution in [0, 0.1) is 0 Å². The molecule has 1 N–H and O–H groups in total. The normalized spacial score (nSPS) is 12.1. The Bertz CT molecular complexity index is 285. The van der Waals surface area contributed by atoms with E-state index >= 15 is 0 Å². The van der Waals surface area contributed by atoms with Gasteiger partial charge < -0.3 is 5.32 Å². The van der Waals surface area contributed by atoms with E-state index in [4.69, 9.17) is 0 Å². The van der Waals surface area contributed by atoms with Crippen LogP contribution in [0.25, 0.3) is 0 Å². The minimum atomic E-state index is 0.0746. The third-order valence-corrected chi connectivity index (χ3v) is 2.13. The lowest BCUT2D eigenvalue weighted by atomic mass is 10.2. The maximum Gasteiger partial charge on any atom is 0.224 e. The Hall–Kier alpha value is -1.38. The van der Waals surface area contributed by atoms with Crippen molar-refractivity contribution in [2.24, 2.45) is 0 Å². The SMILES string of the molecule is CCC(C)NC(=O)Cc1ccncc1. The second kappa shape index (κ2) is 5.37. The molecule has 1 heterocycles. The highest BCUT2D eigenvalue weighted by Gasteiger charge is 2.05. The van der Waals surface area contributed by atoms with Crippen molar-refractivity contribution in [2.75, 3.05) is 0 Å². The van der Waals surface area contributed by atoms with Gasteiger partial charge in [-0.2, -0.15) is 0 Å². The van der Waals surface area contributed by atoms with Crippen molar-refractivity contribution < 1.29 is 4.79 Å². The first-order valence-corrected chi connectivity index (χ1v) is 4.90. The summed E-state index contributed by atoms with van der Waals surface area (Å²) in [5.41, 5.74) is 1.00. The molecule has 14 heavy (non-hydrogen) atoms. The van der Waals surface area contributed by atoms with Crippen molar-refractivity contribution in [3.05, 3.63) is 30.1 Å². The van der Waals surface area contributed by atoms with E-state index in [1.807, 2.05) is 19.1 Å². The Morgan fingerprint density at radius 3 is 2.71 bits per heavy atom. The molecule has 3 heteroatoms. The summed E-state index contributed by atoms with van der Waals surface area (Å²) in [6, 6.07) is 3.97. The topological polar surface area (TPSA) is 42.0 Å². The van der Waals surface area contributed by atoms with Crippen LogP contribution in [-0.2, 0) is 11.2 Å². The minimum Gasteiger partial charge on any atom is -0.353 e. The molecule has 0 saturated carbocycles. The number of nitrogens with one attached hydrogen (secondary N) is 1. The molecule has 1 unspecified atom stereocenters. The molecular formula is C11H16N2O. The highest BCUT2D eigenvalue weighted by Crippen LogP contribution is 1.98. The number of hydrogen-bond donors (Lipinski definition) is 1. The number of carbonyl (C=O) groups excluding carboxylic acids is 1. The first-order chi connectivity index (χ1) is 6.72. The van der Waals surface area contributed by atoms with Gasteiger partial charge in [-0.1, -0.05) is 6.92 Å². The number of rotatable bonds is 4. The van der Waals surface area contributed by atoms with Crippen molar-refractivity contribution in [2.45, 2.75) is 32.7 Å². The molecule has 1 amide bonds. The van der Waals surface area contributed by atoms with E-state index in [1.165, 1.54) is 0 Å². The fourth-order valence-electron chi connectivity index (χ4n) is 1.11. The summed E-state index contributed by atoms with van der Waals surface area (Å²) in [7, 11) is 0. The predicted molar refractivity (Wildman–Crippen MR) is 55.8 cm³/mol. The van der Waals surface area contributed by atoms with E-state index in [2.05, 4.69) is 17.2 Å². The van der Waals surface area contributed by atoms with Crippen LogP contribution in [0.4, 0.5) is 0 Å². The molecule has 1 atom stereocenters. The highest BCUT2D eigenvalue weighted by molar-refractivity contribution is 5.78. The minimum absolute atomic E-state index is 0.0746. The van der Waals surface area contributed by atoms with Crippen molar-refractivity contribution in [3.8, 4) is 0 Å².